The largest absolute Gasteiger partial charge is 0.264 e. The molecule has 0 spiro atoms. The maximum absolute atomic E-state index is 4.34. The molecule has 0 aliphatic rings. The van der Waals surface area contributed by atoms with E-state index in [1.165, 1.54) is 10.8 Å². The number of aryl methyl sites for hydroxylation is 1. The molecule has 3 rings (SSSR count). The molecule has 1 heterocycles. The van der Waals surface area contributed by atoms with Gasteiger partial charge in [-0.1, -0.05) is 12.7 Å². The van der Waals surface area contributed by atoms with Crippen molar-refractivity contribution >= 4 is 46.1 Å². The molecule has 0 atom stereocenters. The lowest BCUT2D eigenvalue weighted by Crippen LogP contribution is -2.29. The molecular formula is C18H16N3+. The number of fused-ring (bicyclic) bond motifs is 2. The third-order valence-corrected chi connectivity index (χ3v) is 3.57. The van der Waals surface area contributed by atoms with Gasteiger partial charge in [-0.15, -0.1) is 0 Å². The van der Waals surface area contributed by atoms with Gasteiger partial charge < -0.3 is 0 Å². The molecule has 2 aromatic carbocycles. The van der Waals surface area contributed by atoms with Crippen LogP contribution in [0.1, 0.15) is 0 Å². The lowest BCUT2D eigenvalue weighted by molar-refractivity contribution is -0.617. The van der Waals surface area contributed by atoms with E-state index in [2.05, 4.69) is 59.2 Å². The number of allylic oxidation sites excluding steroid dienone is 1. The molecule has 3 nitrogen and oxygen atoms in total. The minimum absolute atomic E-state index is 0.873. The molecule has 3 aromatic rings. The quantitative estimate of drug-likeness (QED) is 0.392. The van der Waals surface area contributed by atoms with Crippen LogP contribution in [0.3, 0.4) is 0 Å². The number of aliphatic imine (C=N–C) groups is 2. The Morgan fingerprint density at radius 1 is 0.952 bits per heavy atom. The van der Waals surface area contributed by atoms with Gasteiger partial charge >= 0.3 is 0 Å². The smallest absolute Gasteiger partial charge is 0.214 e. The fourth-order valence-electron chi connectivity index (χ4n) is 2.50. The normalized spacial score (nSPS) is 11.3. The van der Waals surface area contributed by atoms with Crippen molar-refractivity contribution in [2.45, 2.75) is 0 Å². The average molecular weight is 274 g/mol. The molecule has 0 aliphatic carbocycles. The molecule has 0 aliphatic heterocycles. The Balaban J connectivity index is 2.32. The van der Waals surface area contributed by atoms with Crippen molar-refractivity contribution in [2.24, 2.45) is 17.0 Å². The summed E-state index contributed by atoms with van der Waals surface area (Å²) in [4.78, 5) is 8.35. The summed E-state index contributed by atoms with van der Waals surface area (Å²) < 4.78 is 2.16. The molecule has 0 bridgehead atoms. The molecule has 1 aromatic heterocycles. The zero-order valence-corrected chi connectivity index (χ0v) is 12.0. The molecule has 0 N–H and O–H groups in total. The topological polar surface area (TPSA) is 28.6 Å². The maximum atomic E-state index is 4.34. The van der Waals surface area contributed by atoms with Crippen molar-refractivity contribution in [2.75, 3.05) is 0 Å². The second-order valence-corrected chi connectivity index (χ2v) is 4.86. The van der Waals surface area contributed by atoms with Crippen LogP contribution in [0.2, 0.25) is 0 Å². The summed E-state index contributed by atoms with van der Waals surface area (Å²) in [5.74, 6) is 0. The fourth-order valence-corrected chi connectivity index (χ4v) is 2.50. The predicted octanol–water partition coefficient (Wildman–Crippen LogP) is 4.04. The first-order chi connectivity index (χ1) is 10.2. The van der Waals surface area contributed by atoms with Gasteiger partial charge in [0.15, 0.2) is 0 Å². The highest BCUT2D eigenvalue weighted by Crippen LogP contribution is 2.24. The van der Waals surface area contributed by atoms with E-state index in [-0.39, 0.29) is 0 Å². The van der Waals surface area contributed by atoms with Gasteiger partial charge in [-0.05, 0) is 37.0 Å². The Hall–Kier alpha value is -2.81. The van der Waals surface area contributed by atoms with Crippen LogP contribution >= 0.6 is 0 Å². The summed E-state index contributed by atoms with van der Waals surface area (Å²) in [5, 5.41) is 2.36. The van der Waals surface area contributed by atoms with Gasteiger partial charge in [-0.3, -0.25) is 9.98 Å². The third-order valence-electron chi connectivity index (χ3n) is 3.57. The number of pyridine rings is 1. The van der Waals surface area contributed by atoms with Crippen molar-refractivity contribution in [3.05, 3.63) is 55.1 Å². The average Bonchev–Trinajstić information content (AvgIpc) is 2.53. The second kappa shape index (κ2) is 5.29. The van der Waals surface area contributed by atoms with Crippen LogP contribution in [0.25, 0.3) is 21.8 Å². The fraction of sp³-hybridized carbons (Fsp3) is 0.0556. The summed E-state index contributed by atoms with van der Waals surface area (Å²) in [7, 11) is 2.05. The molecule has 0 radical (unpaired) electrons. The standard InChI is InChI=1S/C18H16N3/c1-4-9-20-16-8-6-14-10-13-5-7-15(19-2)11-17(13)21(3)18(14)12-16/h4-12H,1-2H2,3H3/q+1. The van der Waals surface area contributed by atoms with Crippen molar-refractivity contribution in [1.82, 2.24) is 0 Å². The molecular weight excluding hydrogens is 258 g/mol. The number of benzene rings is 2. The lowest BCUT2D eigenvalue weighted by Gasteiger charge is -2.03. The Kier molecular flexibility index (Phi) is 3.32. The first kappa shape index (κ1) is 13.2. The van der Waals surface area contributed by atoms with Gasteiger partial charge in [0.1, 0.15) is 7.05 Å². The van der Waals surface area contributed by atoms with E-state index in [9.17, 15) is 0 Å². The van der Waals surface area contributed by atoms with Gasteiger partial charge in [-0.25, -0.2) is 0 Å². The lowest BCUT2D eigenvalue weighted by atomic mass is 10.1. The second-order valence-electron chi connectivity index (χ2n) is 4.86. The van der Waals surface area contributed by atoms with E-state index >= 15 is 0 Å². The van der Waals surface area contributed by atoms with Gasteiger partial charge in [0.05, 0.1) is 11.4 Å². The monoisotopic (exact) mass is 274 g/mol. The van der Waals surface area contributed by atoms with Crippen LogP contribution < -0.4 is 4.57 Å². The van der Waals surface area contributed by atoms with Crippen LogP contribution in [0.15, 0.2) is 65.1 Å². The van der Waals surface area contributed by atoms with E-state index in [0.717, 1.165) is 22.4 Å². The highest BCUT2D eigenvalue weighted by Gasteiger charge is 2.12. The van der Waals surface area contributed by atoms with Crippen molar-refractivity contribution in [1.29, 1.82) is 0 Å². The van der Waals surface area contributed by atoms with E-state index in [4.69, 9.17) is 0 Å². The highest BCUT2D eigenvalue weighted by molar-refractivity contribution is 5.91. The molecule has 21 heavy (non-hydrogen) atoms. The highest BCUT2D eigenvalue weighted by atomic mass is 14.9. The minimum Gasteiger partial charge on any atom is -0.264 e. The zero-order chi connectivity index (χ0) is 14.8. The minimum atomic E-state index is 0.873. The number of hydrogen-bond acceptors (Lipinski definition) is 2. The molecule has 0 saturated carbocycles. The summed E-state index contributed by atoms with van der Waals surface area (Å²) in [6.45, 7) is 7.23. The van der Waals surface area contributed by atoms with Gasteiger partial charge in [0, 0.05) is 29.1 Å². The molecule has 3 heteroatoms. The Morgan fingerprint density at radius 2 is 1.57 bits per heavy atom. The zero-order valence-electron chi connectivity index (χ0n) is 12.0. The van der Waals surface area contributed by atoms with Gasteiger partial charge in [0.25, 0.3) is 0 Å². The van der Waals surface area contributed by atoms with E-state index < -0.39 is 0 Å². The maximum Gasteiger partial charge on any atom is 0.214 e. The summed E-state index contributed by atoms with van der Waals surface area (Å²) in [5.41, 5.74) is 4.04. The summed E-state index contributed by atoms with van der Waals surface area (Å²) >= 11 is 0. The Labute approximate surface area is 123 Å². The summed E-state index contributed by atoms with van der Waals surface area (Å²) in [6, 6.07) is 14.4. The van der Waals surface area contributed by atoms with Crippen LogP contribution in [0.4, 0.5) is 11.4 Å². The van der Waals surface area contributed by atoms with Crippen LogP contribution in [-0.2, 0) is 7.05 Å². The molecule has 102 valence electrons. The number of rotatable bonds is 3. The SMILES string of the molecule is C=CC=Nc1ccc2cc3ccc(N=C)cc3[n+](C)c2c1. The Bertz CT molecular complexity index is 892. The van der Waals surface area contributed by atoms with E-state index in [1.54, 1.807) is 12.3 Å². The predicted molar refractivity (Wildman–Crippen MR) is 90.2 cm³/mol. The van der Waals surface area contributed by atoms with Gasteiger partial charge in [0.2, 0.25) is 11.0 Å². The number of nitrogens with zero attached hydrogens (tertiary/aromatic N) is 3. The van der Waals surface area contributed by atoms with Crippen LogP contribution in [-0.4, -0.2) is 12.9 Å². The van der Waals surface area contributed by atoms with Gasteiger partial charge in [-0.2, -0.15) is 4.57 Å². The van der Waals surface area contributed by atoms with E-state index in [0.29, 0.717) is 0 Å². The van der Waals surface area contributed by atoms with Crippen molar-refractivity contribution < 1.29 is 4.57 Å². The number of aromatic nitrogens is 1. The third kappa shape index (κ3) is 2.34. The summed E-state index contributed by atoms with van der Waals surface area (Å²) in [6.07, 6.45) is 3.37. The molecule has 0 unspecified atom stereocenters. The van der Waals surface area contributed by atoms with Crippen LogP contribution in [0, 0.1) is 0 Å². The Morgan fingerprint density at radius 3 is 2.19 bits per heavy atom. The molecule has 0 amide bonds. The van der Waals surface area contributed by atoms with Crippen molar-refractivity contribution in [3.8, 4) is 0 Å². The number of hydrogen-bond donors (Lipinski definition) is 0. The van der Waals surface area contributed by atoms with Crippen molar-refractivity contribution in [3.63, 3.8) is 0 Å². The molecule has 0 saturated heterocycles. The van der Waals surface area contributed by atoms with E-state index in [1.807, 2.05) is 18.2 Å². The molecule has 0 fully saturated rings. The first-order valence-corrected chi connectivity index (χ1v) is 6.71. The van der Waals surface area contributed by atoms with Crippen LogP contribution in [0.5, 0.6) is 0 Å². The first-order valence-electron chi connectivity index (χ1n) is 6.71.